The summed E-state index contributed by atoms with van der Waals surface area (Å²) in [5.74, 6) is -0.714. The lowest BCUT2D eigenvalue weighted by Crippen LogP contribution is -2.44. The van der Waals surface area contributed by atoms with E-state index in [0.717, 1.165) is 31.2 Å². The summed E-state index contributed by atoms with van der Waals surface area (Å²) in [6, 6.07) is 10.1. The number of piperidine rings is 1. The Hall–Kier alpha value is -2.89. The van der Waals surface area contributed by atoms with Crippen LogP contribution in [-0.2, 0) is 13.0 Å². The van der Waals surface area contributed by atoms with Gasteiger partial charge in [-0.15, -0.1) is 0 Å². The van der Waals surface area contributed by atoms with Crippen LogP contribution in [0.15, 0.2) is 47.5 Å². The first-order valence-electron chi connectivity index (χ1n) is 10.4. The lowest BCUT2D eigenvalue weighted by molar-refractivity contribution is 0.0633. The van der Waals surface area contributed by atoms with Crippen molar-refractivity contribution < 1.29 is 9.59 Å². The topological polar surface area (TPSA) is 71.4 Å². The SMILES string of the molecule is CCNC(=O)c1cn(CCc2ccccc2)cc(C(=O)N2CCCCC2C)c1=O. The lowest BCUT2D eigenvalue weighted by Gasteiger charge is -2.33. The summed E-state index contributed by atoms with van der Waals surface area (Å²) in [6.07, 6.45) is 6.88. The molecule has 3 rings (SSSR count). The summed E-state index contributed by atoms with van der Waals surface area (Å²) in [7, 11) is 0. The van der Waals surface area contributed by atoms with Gasteiger partial charge in [0, 0.05) is 38.1 Å². The van der Waals surface area contributed by atoms with E-state index >= 15 is 0 Å². The average Bonchev–Trinajstić information content (AvgIpc) is 2.73. The number of carbonyl (C=O) groups is 2. The number of likely N-dealkylation sites (tertiary alicyclic amines) is 1. The van der Waals surface area contributed by atoms with E-state index in [0.29, 0.717) is 19.6 Å². The number of hydrogen-bond donors (Lipinski definition) is 1. The van der Waals surface area contributed by atoms with Gasteiger partial charge in [-0.3, -0.25) is 14.4 Å². The first-order chi connectivity index (χ1) is 14.0. The maximum absolute atomic E-state index is 13.2. The van der Waals surface area contributed by atoms with Crippen LogP contribution < -0.4 is 10.7 Å². The number of rotatable bonds is 6. The Morgan fingerprint density at radius 2 is 1.83 bits per heavy atom. The monoisotopic (exact) mass is 395 g/mol. The van der Waals surface area contributed by atoms with E-state index in [1.165, 1.54) is 0 Å². The molecule has 29 heavy (non-hydrogen) atoms. The molecule has 6 nitrogen and oxygen atoms in total. The van der Waals surface area contributed by atoms with Gasteiger partial charge in [-0.25, -0.2) is 0 Å². The predicted molar refractivity (Wildman–Crippen MR) is 113 cm³/mol. The summed E-state index contributed by atoms with van der Waals surface area (Å²) in [5, 5.41) is 2.68. The minimum absolute atomic E-state index is 0.0235. The molecule has 1 saturated heterocycles. The van der Waals surface area contributed by atoms with Gasteiger partial charge in [-0.1, -0.05) is 30.3 Å². The molecule has 6 heteroatoms. The van der Waals surface area contributed by atoms with Gasteiger partial charge in [0.25, 0.3) is 11.8 Å². The van der Waals surface area contributed by atoms with E-state index in [2.05, 4.69) is 5.32 Å². The fourth-order valence-corrected chi connectivity index (χ4v) is 3.79. The molecule has 1 aromatic heterocycles. The van der Waals surface area contributed by atoms with Crippen LogP contribution in [0.5, 0.6) is 0 Å². The van der Waals surface area contributed by atoms with Crippen molar-refractivity contribution >= 4 is 11.8 Å². The molecule has 0 radical (unpaired) electrons. The number of amides is 2. The number of hydrogen-bond acceptors (Lipinski definition) is 3. The molecule has 2 aromatic rings. The van der Waals surface area contributed by atoms with E-state index in [-0.39, 0.29) is 23.1 Å². The van der Waals surface area contributed by atoms with Gasteiger partial charge in [-0.05, 0) is 45.1 Å². The molecule has 0 aliphatic carbocycles. The Morgan fingerprint density at radius 3 is 2.52 bits per heavy atom. The van der Waals surface area contributed by atoms with Crippen molar-refractivity contribution in [1.29, 1.82) is 0 Å². The standard InChI is InChI=1S/C23H29N3O3/c1-3-24-22(28)19-15-25(14-12-18-10-5-4-6-11-18)16-20(21(19)27)23(29)26-13-8-7-9-17(26)2/h4-6,10-11,15-17H,3,7-9,12-14H2,1-2H3,(H,24,28). The van der Waals surface area contributed by atoms with Gasteiger partial charge in [0.2, 0.25) is 5.43 Å². The molecule has 0 saturated carbocycles. The van der Waals surface area contributed by atoms with Crippen molar-refractivity contribution in [2.75, 3.05) is 13.1 Å². The van der Waals surface area contributed by atoms with Crippen LogP contribution >= 0.6 is 0 Å². The minimum Gasteiger partial charge on any atom is -0.352 e. The van der Waals surface area contributed by atoms with Crippen LogP contribution in [0.25, 0.3) is 0 Å². The van der Waals surface area contributed by atoms with Gasteiger partial charge in [0.05, 0.1) is 0 Å². The van der Waals surface area contributed by atoms with Crippen molar-refractivity contribution in [3.8, 4) is 0 Å². The number of aromatic nitrogens is 1. The second kappa shape index (κ2) is 9.54. The van der Waals surface area contributed by atoms with E-state index in [1.807, 2.05) is 37.3 Å². The van der Waals surface area contributed by atoms with E-state index in [9.17, 15) is 14.4 Å². The summed E-state index contributed by atoms with van der Waals surface area (Å²) in [6.45, 7) is 5.46. The molecule has 1 N–H and O–H groups in total. The Morgan fingerprint density at radius 1 is 1.10 bits per heavy atom. The first kappa shape index (κ1) is 20.8. The van der Waals surface area contributed by atoms with Crippen molar-refractivity contribution in [2.45, 2.75) is 52.1 Å². The minimum atomic E-state index is -0.491. The highest BCUT2D eigenvalue weighted by atomic mass is 16.2. The third-order valence-electron chi connectivity index (χ3n) is 5.46. The normalized spacial score (nSPS) is 16.5. The Kier molecular flexibility index (Phi) is 6.86. The highest BCUT2D eigenvalue weighted by Gasteiger charge is 2.28. The zero-order chi connectivity index (χ0) is 20.8. The molecule has 154 valence electrons. The fourth-order valence-electron chi connectivity index (χ4n) is 3.79. The number of nitrogens with zero attached hydrogens (tertiary/aromatic N) is 2. The van der Waals surface area contributed by atoms with E-state index < -0.39 is 11.3 Å². The molecule has 0 spiro atoms. The van der Waals surface area contributed by atoms with Gasteiger partial charge in [0.15, 0.2) is 0 Å². The van der Waals surface area contributed by atoms with Crippen molar-refractivity contribution in [2.24, 2.45) is 0 Å². The Bertz CT molecular complexity index is 921. The molecule has 0 bridgehead atoms. The average molecular weight is 396 g/mol. The molecule has 1 aliphatic heterocycles. The second-order valence-corrected chi connectivity index (χ2v) is 7.59. The van der Waals surface area contributed by atoms with Crippen LogP contribution in [0.2, 0.25) is 0 Å². The Labute approximate surface area is 171 Å². The summed E-state index contributed by atoms with van der Waals surface area (Å²) in [4.78, 5) is 40.4. The molecule has 1 atom stereocenters. The summed E-state index contributed by atoms with van der Waals surface area (Å²) >= 11 is 0. The van der Waals surface area contributed by atoms with Crippen LogP contribution in [0.4, 0.5) is 0 Å². The van der Waals surface area contributed by atoms with Crippen LogP contribution in [-0.4, -0.2) is 40.4 Å². The first-order valence-corrected chi connectivity index (χ1v) is 10.4. The molecule has 2 amide bonds. The smallest absolute Gasteiger partial charge is 0.259 e. The van der Waals surface area contributed by atoms with Crippen LogP contribution in [0.3, 0.4) is 0 Å². The van der Waals surface area contributed by atoms with E-state index in [4.69, 9.17) is 0 Å². The third-order valence-corrected chi connectivity index (χ3v) is 5.46. The molecule has 1 unspecified atom stereocenters. The summed E-state index contributed by atoms with van der Waals surface area (Å²) < 4.78 is 1.79. The second-order valence-electron chi connectivity index (χ2n) is 7.59. The highest BCUT2D eigenvalue weighted by molar-refractivity contribution is 5.99. The molecular formula is C23H29N3O3. The third kappa shape index (κ3) is 4.94. The van der Waals surface area contributed by atoms with Gasteiger partial charge in [-0.2, -0.15) is 0 Å². The quantitative estimate of drug-likeness (QED) is 0.818. The summed E-state index contributed by atoms with van der Waals surface area (Å²) in [5.41, 5.74) is 0.768. The Balaban J connectivity index is 1.94. The van der Waals surface area contributed by atoms with Crippen molar-refractivity contribution in [3.63, 3.8) is 0 Å². The zero-order valence-corrected chi connectivity index (χ0v) is 17.2. The number of aryl methyl sites for hydroxylation is 2. The lowest BCUT2D eigenvalue weighted by atomic mass is 10.0. The molecule has 1 aliphatic rings. The largest absolute Gasteiger partial charge is 0.352 e. The predicted octanol–water partition coefficient (Wildman–Crippen LogP) is 2.86. The zero-order valence-electron chi connectivity index (χ0n) is 17.2. The van der Waals surface area contributed by atoms with Crippen LogP contribution in [0.1, 0.15) is 59.4 Å². The fraction of sp³-hybridized carbons (Fsp3) is 0.435. The molecule has 2 heterocycles. The number of carbonyl (C=O) groups excluding carboxylic acids is 2. The number of benzene rings is 1. The maximum Gasteiger partial charge on any atom is 0.259 e. The molecule has 1 aromatic carbocycles. The van der Waals surface area contributed by atoms with Crippen molar-refractivity contribution in [1.82, 2.24) is 14.8 Å². The van der Waals surface area contributed by atoms with Gasteiger partial charge >= 0.3 is 0 Å². The van der Waals surface area contributed by atoms with Crippen molar-refractivity contribution in [3.05, 3.63) is 69.6 Å². The van der Waals surface area contributed by atoms with Gasteiger partial charge < -0.3 is 14.8 Å². The number of nitrogens with one attached hydrogen (secondary N) is 1. The maximum atomic E-state index is 13.2. The van der Waals surface area contributed by atoms with Gasteiger partial charge in [0.1, 0.15) is 11.1 Å². The molecular weight excluding hydrogens is 366 g/mol. The number of pyridine rings is 1. The van der Waals surface area contributed by atoms with Crippen LogP contribution in [0, 0.1) is 0 Å². The highest BCUT2D eigenvalue weighted by Crippen LogP contribution is 2.18. The van der Waals surface area contributed by atoms with E-state index in [1.54, 1.807) is 28.8 Å². The molecule has 1 fully saturated rings.